The lowest BCUT2D eigenvalue weighted by atomic mass is 9.84. The summed E-state index contributed by atoms with van der Waals surface area (Å²) in [6, 6.07) is 8.22. The standard InChI is InChI=1S/C19H26N2O2/c1-15(22)20-11-13-21(14-12-20)19(23)18-9-7-17(8-10-18)16-5-3-2-4-6-16/h7-10,16H,2-6,11-14H2,1H3. The van der Waals surface area contributed by atoms with E-state index in [-0.39, 0.29) is 11.8 Å². The molecule has 1 aromatic carbocycles. The maximum absolute atomic E-state index is 12.6. The Bertz CT molecular complexity index is 553. The number of benzene rings is 1. The van der Waals surface area contributed by atoms with E-state index in [0.29, 0.717) is 32.1 Å². The van der Waals surface area contributed by atoms with Crippen LogP contribution in [0.1, 0.15) is 60.9 Å². The van der Waals surface area contributed by atoms with Crippen LogP contribution in [0.25, 0.3) is 0 Å². The topological polar surface area (TPSA) is 40.6 Å². The number of carbonyl (C=O) groups excluding carboxylic acids is 2. The highest BCUT2D eigenvalue weighted by Gasteiger charge is 2.23. The molecule has 0 atom stereocenters. The van der Waals surface area contributed by atoms with Gasteiger partial charge in [0.2, 0.25) is 5.91 Å². The first kappa shape index (κ1) is 16.0. The Balaban J connectivity index is 1.60. The number of amides is 2. The Kier molecular flexibility index (Phi) is 4.99. The van der Waals surface area contributed by atoms with Gasteiger partial charge in [-0.1, -0.05) is 31.4 Å². The lowest BCUT2D eigenvalue weighted by Gasteiger charge is -2.34. The summed E-state index contributed by atoms with van der Waals surface area (Å²) in [5.74, 6) is 0.851. The highest BCUT2D eigenvalue weighted by Crippen LogP contribution is 2.32. The van der Waals surface area contributed by atoms with Gasteiger partial charge in [0.15, 0.2) is 0 Å². The minimum absolute atomic E-state index is 0.0865. The first-order valence-corrected chi connectivity index (χ1v) is 8.80. The van der Waals surface area contributed by atoms with Crippen molar-refractivity contribution in [3.8, 4) is 0 Å². The molecule has 1 aromatic rings. The molecular formula is C19H26N2O2. The van der Waals surface area contributed by atoms with Crippen LogP contribution in [-0.4, -0.2) is 47.8 Å². The average Bonchev–Trinajstić information content (AvgIpc) is 2.62. The fourth-order valence-corrected chi connectivity index (χ4v) is 3.74. The highest BCUT2D eigenvalue weighted by molar-refractivity contribution is 5.94. The SMILES string of the molecule is CC(=O)N1CCN(C(=O)c2ccc(C3CCCCC3)cc2)CC1. The van der Waals surface area contributed by atoms with Gasteiger partial charge in [-0.05, 0) is 36.5 Å². The summed E-state index contributed by atoms with van der Waals surface area (Å²) in [4.78, 5) is 27.6. The van der Waals surface area contributed by atoms with E-state index >= 15 is 0 Å². The van der Waals surface area contributed by atoms with Gasteiger partial charge in [0.05, 0.1) is 0 Å². The first-order valence-electron chi connectivity index (χ1n) is 8.80. The van der Waals surface area contributed by atoms with E-state index in [9.17, 15) is 9.59 Å². The third-order valence-electron chi connectivity index (χ3n) is 5.25. The summed E-state index contributed by atoms with van der Waals surface area (Å²) in [7, 11) is 0. The van der Waals surface area contributed by atoms with Crippen molar-refractivity contribution in [1.29, 1.82) is 0 Å². The largest absolute Gasteiger partial charge is 0.339 e. The molecule has 1 aliphatic carbocycles. The van der Waals surface area contributed by atoms with Crippen molar-refractivity contribution in [3.63, 3.8) is 0 Å². The fraction of sp³-hybridized carbons (Fsp3) is 0.579. The number of hydrogen-bond acceptors (Lipinski definition) is 2. The number of hydrogen-bond donors (Lipinski definition) is 0. The van der Waals surface area contributed by atoms with Crippen molar-refractivity contribution < 1.29 is 9.59 Å². The highest BCUT2D eigenvalue weighted by atomic mass is 16.2. The molecule has 1 aliphatic heterocycles. The van der Waals surface area contributed by atoms with Gasteiger partial charge in [-0.15, -0.1) is 0 Å². The van der Waals surface area contributed by atoms with Gasteiger partial charge in [-0.3, -0.25) is 9.59 Å². The fourth-order valence-electron chi connectivity index (χ4n) is 3.74. The molecule has 0 radical (unpaired) electrons. The number of rotatable bonds is 2. The minimum Gasteiger partial charge on any atom is -0.339 e. The maximum Gasteiger partial charge on any atom is 0.253 e. The normalized spacial score (nSPS) is 19.7. The van der Waals surface area contributed by atoms with Gasteiger partial charge in [0.1, 0.15) is 0 Å². The quantitative estimate of drug-likeness (QED) is 0.842. The van der Waals surface area contributed by atoms with Gasteiger partial charge in [0, 0.05) is 38.7 Å². The van der Waals surface area contributed by atoms with Crippen LogP contribution >= 0.6 is 0 Å². The van der Waals surface area contributed by atoms with E-state index < -0.39 is 0 Å². The second kappa shape index (κ2) is 7.16. The Morgan fingerprint density at radius 2 is 1.43 bits per heavy atom. The van der Waals surface area contributed by atoms with Crippen molar-refractivity contribution in [3.05, 3.63) is 35.4 Å². The van der Waals surface area contributed by atoms with Crippen molar-refractivity contribution in [2.45, 2.75) is 44.9 Å². The second-order valence-electron chi connectivity index (χ2n) is 6.76. The summed E-state index contributed by atoms with van der Waals surface area (Å²) in [5.41, 5.74) is 2.14. The van der Waals surface area contributed by atoms with Crippen molar-refractivity contribution >= 4 is 11.8 Å². The van der Waals surface area contributed by atoms with E-state index in [2.05, 4.69) is 12.1 Å². The van der Waals surface area contributed by atoms with Crippen LogP contribution in [0, 0.1) is 0 Å². The Morgan fingerprint density at radius 3 is 2.00 bits per heavy atom. The van der Waals surface area contributed by atoms with Gasteiger partial charge < -0.3 is 9.80 Å². The molecule has 1 saturated heterocycles. The van der Waals surface area contributed by atoms with E-state index in [1.807, 2.05) is 17.0 Å². The predicted molar refractivity (Wildman–Crippen MR) is 90.4 cm³/mol. The average molecular weight is 314 g/mol. The van der Waals surface area contributed by atoms with E-state index in [1.54, 1.807) is 11.8 Å². The van der Waals surface area contributed by atoms with E-state index in [4.69, 9.17) is 0 Å². The zero-order valence-electron chi connectivity index (χ0n) is 14.0. The van der Waals surface area contributed by atoms with Crippen LogP contribution in [0.4, 0.5) is 0 Å². The molecule has 2 aliphatic rings. The maximum atomic E-state index is 12.6. The van der Waals surface area contributed by atoms with Crippen LogP contribution in [0.2, 0.25) is 0 Å². The summed E-state index contributed by atoms with van der Waals surface area (Å²) in [6.07, 6.45) is 6.57. The zero-order valence-corrected chi connectivity index (χ0v) is 14.0. The van der Waals surface area contributed by atoms with Crippen molar-refractivity contribution in [2.75, 3.05) is 26.2 Å². The summed E-state index contributed by atoms with van der Waals surface area (Å²) < 4.78 is 0. The molecule has 0 unspecified atom stereocenters. The van der Waals surface area contributed by atoms with Crippen LogP contribution < -0.4 is 0 Å². The molecular weight excluding hydrogens is 288 g/mol. The Hall–Kier alpha value is -1.84. The molecule has 124 valence electrons. The van der Waals surface area contributed by atoms with Crippen molar-refractivity contribution in [2.24, 2.45) is 0 Å². The predicted octanol–water partition coefficient (Wildman–Crippen LogP) is 3.04. The van der Waals surface area contributed by atoms with Crippen LogP contribution in [0.3, 0.4) is 0 Å². The third kappa shape index (κ3) is 3.74. The number of carbonyl (C=O) groups is 2. The lowest BCUT2D eigenvalue weighted by molar-refractivity contribution is -0.130. The van der Waals surface area contributed by atoms with Crippen LogP contribution in [0.15, 0.2) is 24.3 Å². The lowest BCUT2D eigenvalue weighted by Crippen LogP contribution is -2.50. The third-order valence-corrected chi connectivity index (χ3v) is 5.25. The van der Waals surface area contributed by atoms with Crippen molar-refractivity contribution in [1.82, 2.24) is 9.80 Å². The zero-order chi connectivity index (χ0) is 16.2. The molecule has 4 nitrogen and oxygen atoms in total. The molecule has 1 saturated carbocycles. The molecule has 23 heavy (non-hydrogen) atoms. The summed E-state index contributed by atoms with van der Waals surface area (Å²) in [6.45, 7) is 4.12. The van der Waals surface area contributed by atoms with Gasteiger partial charge in [-0.2, -0.15) is 0 Å². The molecule has 1 heterocycles. The van der Waals surface area contributed by atoms with Gasteiger partial charge in [0.25, 0.3) is 5.91 Å². The van der Waals surface area contributed by atoms with Crippen LogP contribution in [0.5, 0.6) is 0 Å². The van der Waals surface area contributed by atoms with E-state index in [1.165, 1.54) is 37.7 Å². The molecule has 0 aromatic heterocycles. The smallest absolute Gasteiger partial charge is 0.253 e. The molecule has 0 spiro atoms. The summed E-state index contributed by atoms with van der Waals surface area (Å²) >= 11 is 0. The molecule has 4 heteroatoms. The van der Waals surface area contributed by atoms with Gasteiger partial charge in [-0.25, -0.2) is 0 Å². The van der Waals surface area contributed by atoms with Gasteiger partial charge >= 0.3 is 0 Å². The molecule has 3 rings (SSSR count). The van der Waals surface area contributed by atoms with Crippen LogP contribution in [-0.2, 0) is 4.79 Å². The molecule has 0 bridgehead atoms. The monoisotopic (exact) mass is 314 g/mol. The Labute approximate surface area is 138 Å². The second-order valence-corrected chi connectivity index (χ2v) is 6.76. The number of piperazine rings is 1. The van der Waals surface area contributed by atoms with E-state index in [0.717, 1.165) is 5.56 Å². The summed E-state index contributed by atoms with van der Waals surface area (Å²) in [5, 5.41) is 0. The molecule has 2 amide bonds. The molecule has 2 fully saturated rings. The number of nitrogens with zero attached hydrogens (tertiary/aromatic N) is 2. The Morgan fingerprint density at radius 1 is 0.870 bits per heavy atom. The first-order chi connectivity index (χ1) is 11.1. The minimum atomic E-state index is 0.0865. The molecule has 0 N–H and O–H groups in total.